The summed E-state index contributed by atoms with van der Waals surface area (Å²) in [6.45, 7) is 8.88. The number of nitrogens with one attached hydrogen (secondary N) is 2. The molecule has 1 atom stereocenters. The van der Waals surface area contributed by atoms with Gasteiger partial charge in [0.05, 0.1) is 11.8 Å². The van der Waals surface area contributed by atoms with Crippen molar-refractivity contribution in [3.8, 4) is 0 Å². The molecule has 4 rings (SSSR count). The Hall–Kier alpha value is -2.86. The molecule has 6 heteroatoms. The van der Waals surface area contributed by atoms with Gasteiger partial charge < -0.3 is 15.1 Å². The van der Waals surface area contributed by atoms with Crippen LogP contribution in [0.4, 0.5) is 10.7 Å². The van der Waals surface area contributed by atoms with Crippen LogP contribution in [0.25, 0.3) is 0 Å². The second-order valence-electron chi connectivity index (χ2n) is 9.41. The monoisotopic (exact) mass is 450 g/mol. The Labute approximate surface area is 193 Å². The van der Waals surface area contributed by atoms with Gasteiger partial charge in [-0.2, -0.15) is 0 Å². The molecular weight excluding hydrogens is 420 g/mol. The Morgan fingerprint density at radius 3 is 2.56 bits per heavy atom. The molecule has 0 aliphatic heterocycles. The first-order chi connectivity index (χ1) is 15.3. The standard InChI is InChI=1S/C26H30N2O3S/c1-5-16-9-6-7-10-19(16)27-24(30)22-18-13-12-17(26(2,3)4)15-21(18)32-25(22)28-23(29)20-11-8-14-31-20/h6-11,14,17H,5,12-13,15H2,1-4H3,(H,27,30)(H,28,29). The van der Waals surface area contributed by atoms with Crippen molar-refractivity contribution in [2.45, 2.75) is 53.4 Å². The van der Waals surface area contributed by atoms with Gasteiger partial charge in [-0.1, -0.05) is 45.9 Å². The molecule has 0 saturated carbocycles. The Kier molecular flexibility index (Phi) is 6.24. The van der Waals surface area contributed by atoms with E-state index in [4.69, 9.17) is 4.42 Å². The lowest BCUT2D eigenvalue weighted by atomic mass is 9.72. The Morgan fingerprint density at radius 1 is 1.09 bits per heavy atom. The number of aryl methyl sites for hydroxylation is 1. The third-order valence-corrected chi connectivity index (χ3v) is 7.51. The molecule has 1 aliphatic carbocycles. The highest BCUT2D eigenvalue weighted by molar-refractivity contribution is 7.17. The number of rotatable bonds is 5. The predicted molar refractivity (Wildman–Crippen MR) is 130 cm³/mol. The summed E-state index contributed by atoms with van der Waals surface area (Å²) in [5, 5.41) is 6.64. The smallest absolute Gasteiger partial charge is 0.291 e. The highest BCUT2D eigenvalue weighted by Gasteiger charge is 2.34. The molecule has 32 heavy (non-hydrogen) atoms. The summed E-state index contributed by atoms with van der Waals surface area (Å²) in [7, 11) is 0. The van der Waals surface area contributed by atoms with Crippen LogP contribution in [0.1, 0.15) is 71.0 Å². The van der Waals surface area contributed by atoms with Gasteiger partial charge in [0, 0.05) is 10.6 Å². The molecule has 0 spiro atoms. The predicted octanol–water partition coefficient (Wildman–Crippen LogP) is 6.56. The van der Waals surface area contributed by atoms with E-state index >= 15 is 0 Å². The van der Waals surface area contributed by atoms with E-state index in [1.54, 1.807) is 12.1 Å². The number of hydrogen-bond donors (Lipinski definition) is 2. The van der Waals surface area contributed by atoms with E-state index in [-0.39, 0.29) is 23.0 Å². The minimum absolute atomic E-state index is 0.174. The molecule has 0 radical (unpaired) electrons. The zero-order valence-corrected chi connectivity index (χ0v) is 19.9. The lowest BCUT2D eigenvalue weighted by Crippen LogP contribution is -2.27. The molecular formula is C26H30N2O3S. The molecule has 0 saturated heterocycles. The van der Waals surface area contributed by atoms with Crippen LogP contribution in [0.5, 0.6) is 0 Å². The average Bonchev–Trinajstić information content (AvgIpc) is 3.41. The van der Waals surface area contributed by atoms with E-state index < -0.39 is 0 Å². The summed E-state index contributed by atoms with van der Waals surface area (Å²) in [5.74, 6) is 0.252. The average molecular weight is 451 g/mol. The highest BCUT2D eigenvalue weighted by Crippen LogP contribution is 2.44. The third kappa shape index (κ3) is 4.51. The normalized spacial score (nSPS) is 15.8. The van der Waals surface area contributed by atoms with Crippen LogP contribution in [0.3, 0.4) is 0 Å². The van der Waals surface area contributed by atoms with Gasteiger partial charge in [0.2, 0.25) is 0 Å². The zero-order valence-electron chi connectivity index (χ0n) is 19.1. The van der Waals surface area contributed by atoms with Crippen LogP contribution in [0.15, 0.2) is 47.1 Å². The van der Waals surface area contributed by atoms with E-state index in [2.05, 4.69) is 38.3 Å². The lowest BCUT2D eigenvalue weighted by molar-refractivity contribution is 0.0997. The van der Waals surface area contributed by atoms with Gasteiger partial charge >= 0.3 is 0 Å². The molecule has 2 heterocycles. The van der Waals surface area contributed by atoms with E-state index in [9.17, 15) is 9.59 Å². The first kappa shape index (κ1) is 22.3. The van der Waals surface area contributed by atoms with Crippen molar-refractivity contribution >= 4 is 33.8 Å². The third-order valence-electron chi connectivity index (χ3n) is 6.34. The van der Waals surface area contributed by atoms with Crippen molar-refractivity contribution in [1.29, 1.82) is 0 Å². The molecule has 1 unspecified atom stereocenters. The van der Waals surface area contributed by atoms with Crippen molar-refractivity contribution in [2.75, 3.05) is 10.6 Å². The molecule has 5 nitrogen and oxygen atoms in total. The zero-order chi connectivity index (χ0) is 22.9. The Morgan fingerprint density at radius 2 is 1.88 bits per heavy atom. The molecule has 1 aromatic carbocycles. The Bertz CT molecular complexity index is 1120. The molecule has 168 valence electrons. The highest BCUT2D eigenvalue weighted by atomic mass is 32.1. The number of furan rings is 1. The molecule has 2 aromatic heterocycles. The maximum Gasteiger partial charge on any atom is 0.291 e. The second-order valence-corrected chi connectivity index (χ2v) is 10.5. The molecule has 1 aliphatic rings. The molecule has 3 aromatic rings. The van der Waals surface area contributed by atoms with Gasteiger partial charge in [0.1, 0.15) is 5.00 Å². The summed E-state index contributed by atoms with van der Waals surface area (Å²) in [5.41, 5.74) is 3.74. The van der Waals surface area contributed by atoms with Gasteiger partial charge in [0.15, 0.2) is 5.76 Å². The van der Waals surface area contributed by atoms with Gasteiger partial charge in [-0.3, -0.25) is 9.59 Å². The van der Waals surface area contributed by atoms with Gasteiger partial charge in [-0.15, -0.1) is 11.3 Å². The van der Waals surface area contributed by atoms with Crippen molar-refractivity contribution < 1.29 is 14.0 Å². The molecule has 2 N–H and O–H groups in total. The van der Waals surface area contributed by atoms with Gasteiger partial charge in [0.25, 0.3) is 11.8 Å². The van der Waals surface area contributed by atoms with Crippen molar-refractivity contribution in [3.05, 3.63) is 70.0 Å². The maximum absolute atomic E-state index is 13.5. The number of carbonyl (C=O) groups excluding carboxylic acids is 2. The number of anilines is 2. The van der Waals surface area contributed by atoms with Crippen LogP contribution in [0, 0.1) is 11.3 Å². The van der Waals surface area contributed by atoms with Gasteiger partial charge in [-0.05, 0) is 66.3 Å². The summed E-state index contributed by atoms with van der Waals surface area (Å²) in [6.07, 6.45) is 5.09. The first-order valence-electron chi connectivity index (χ1n) is 11.2. The van der Waals surface area contributed by atoms with E-state index in [1.165, 1.54) is 22.5 Å². The van der Waals surface area contributed by atoms with E-state index in [0.717, 1.165) is 42.5 Å². The minimum Gasteiger partial charge on any atom is -0.459 e. The summed E-state index contributed by atoms with van der Waals surface area (Å²) >= 11 is 1.52. The fraction of sp³-hybridized carbons (Fsp3) is 0.385. The second kappa shape index (κ2) is 8.94. The Balaban J connectivity index is 1.70. The topological polar surface area (TPSA) is 71.3 Å². The number of hydrogen-bond acceptors (Lipinski definition) is 4. The van der Waals surface area contributed by atoms with Crippen LogP contribution >= 0.6 is 11.3 Å². The quantitative estimate of drug-likeness (QED) is 0.462. The number of thiophene rings is 1. The van der Waals surface area contributed by atoms with Crippen molar-refractivity contribution in [3.63, 3.8) is 0 Å². The van der Waals surface area contributed by atoms with E-state index in [0.29, 0.717) is 16.5 Å². The molecule has 0 fully saturated rings. The van der Waals surface area contributed by atoms with Crippen molar-refractivity contribution in [1.82, 2.24) is 0 Å². The summed E-state index contributed by atoms with van der Waals surface area (Å²) in [4.78, 5) is 27.4. The van der Waals surface area contributed by atoms with Crippen LogP contribution in [0.2, 0.25) is 0 Å². The molecule has 0 bridgehead atoms. The number of para-hydroxylation sites is 1. The fourth-order valence-electron chi connectivity index (χ4n) is 4.36. The summed E-state index contributed by atoms with van der Waals surface area (Å²) < 4.78 is 5.25. The number of fused-ring (bicyclic) bond motifs is 1. The lowest BCUT2D eigenvalue weighted by Gasteiger charge is -2.33. The first-order valence-corrected chi connectivity index (χ1v) is 12.0. The van der Waals surface area contributed by atoms with E-state index in [1.807, 2.05) is 24.3 Å². The SMILES string of the molecule is CCc1ccccc1NC(=O)c1c(NC(=O)c2ccco2)sc2c1CCC(C(C)(C)C)C2. The van der Waals surface area contributed by atoms with Crippen molar-refractivity contribution in [2.24, 2.45) is 11.3 Å². The largest absolute Gasteiger partial charge is 0.459 e. The van der Waals surface area contributed by atoms with Gasteiger partial charge in [-0.25, -0.2) is 0 Å². The number of benzene rings is 1. The van der Waals surface area contributed by atoms with Crippen LogP contribution in [-0.4, -0.2) is 11.8 Å². The maximum atomic E-state index is 13.5. The summed E-state index contributed by atoms with van der Waals surface area (Å²) in [6, 6.07) is 11.1. The fourth-order valence-corrected chi connectivity index (χ4v) is 5.68. The number of carbonyl (C=O) groups is 2. The van der Waals surface area contributed by atoms with Crippen LogP contribution in [-0.2, 0) is 19.3 Å². The number of amides is 2. The molecule has 2 amide bonds. The minimum atomic E-state index is -0.344. The van der Waals surface area contributed by atoms with Crippen LogP contribution < -0.4 is 10.6 Å².